The predicted molar refractivity (Wildman–Crippen MR) is 83.5 cm³/mol. The first-order valence-electron chi connectivity index (χ1n) is 6.68. The Kier molecular flexibility index (Phi) is 5.25. The number of oxime groups is 1. The molecule has 0 aliphatic heterocycles. The van der Waals surface area contributed by atoms with Crippen molar-refractivity contribution in [1.29, 1.82) is 0 Å². The predicted octanol–water partition coefficient (Wildman–Crippen LogP) is 2.41. The maximum absolute atomic E-state index is 8.70. The largest absolute Gasteiger partial charge is 0.409 e. The van der Waals surface area contributed by atoms with Crippen LogP contribution in [-0.4, -0.2) is 37.8 Å². The second-order valence-electron chi connectivity index (χ2n) is 5.09. The van der Waals surface area contributed by atoms with Crippen LogP contribution in [0.15, 0.2) is 27.8 Å². The van der Waals surface area contributed by atoms with Gasteiger partial charge in [0, 0.05) is 35.9 Å². The average molecular weight is 342 g/mol. The van der Waals surface area contributed by atoms with Gasteiger partial charge in [0.05, 0.1) is 6.61 Å². The number of amidine groups is 1. The Morgan fingerprint density at radius 3 is 2.90 bits per heavy atom. The highest BCUT2D eigenvalue weighted by molar-refractivity contribution is 9.10. The lowest BCUT2D eigenvalue weighted by Crippen LogP contribution is -2.23. The lowest BCUT2D eigenvalue weighted by molar-refractivity contribution is 0.131. The van der Waals surface area contributed by atoms with Crippen LogP contribution in [0.3, 0.4) is 0 Å². The second kappa shape index (κ2) is 6.95. The van der Waals surface area contributed by atoms with Gasteiger partial charge in [-0.1, -0.05) is 5.16 Å². The third-order valence-corrected chi connectivity index (χ3v) is 4.05. The zero-order valence-corrected chi connectivity index (χ0v) is 13.1. The summed E-state index contributed by atoms with van der Waals surface area (Å²) in [4.78, 5) is 2.12. The molecule has 0 aromatic heterocycles. The van der Waals surface area contributed by atoms with Gasteiger partial charge in [0.25, 0.3) is 0 Å². The van der Waals surface area contributed by atoms with Gasteiger partial charge < -0.3 is 20.6 Å². The van der Waals surface area contributed by atoms with E-state index >= 15 is 0 Å². The number of nitrogens with two attached hydrogens (primary N) is 1. The van der Waals surface area contributed by atoms with Crippen molar-refractivity contribution in [3.8, 4) is 0 Å². The number of halogens is 1. The SMILES string of the molecule is CN(CCOCC1CC1)c1ccc(/C(N)=N/O)c(Br)c1. The smallest absolute Gasteiger partial charge is 0.171 e. The topological polar surface area (TPSA) is 71.1 Å². The Bertz CT molecular complexity index is 489. The van der Waals surface area contributed by atoms with E-state index in [0.717, 1.165) is 35.8 Å². The molecular formula is C14H20BrN3O2. The lowest BCUT2D eigenvalue weighted by atomic mass is 10.2. The molecule has 0 amide bonds. The normalized spacial score (nSPS) is 15.4. The molecule has 5 nitrogen and oxygen atoms in total. The number of ether oxygens (including phenoxy) is 1. The van der Waals surface area contributed by atoms with E-state index in [0.29, 0.717) is 5.56 Å². The van der Waals surface area contributed by atoms with Crippen LogP contribution >= 0.6 is 15.9 Å². The number of nitrogens with zero attached hydrogens (tertiary/aromatic N) is 2. The molecule has 0 radical (unpaired) electrons. The molecule has 3 N–H and O–H groups in total. The van der Waals surface area contributed by atoms with Gasteiger partial charge in [0.1, 0.15) is 0 Å². The third kappa shape index (κ3) is 4.11. The molecule has 110 valence electrons. The molecule has 0 saturated heterocycles. The Morgan fingerprint density at radius 2 is 2.30 bits per heavy atom. The minimum Gasteiger partial charge on any atom is -0.409 e. The molecule has 0 spiro atoms. The zero-order chi connectivity index (χ0) is 14.5. The zero-order valence-electron chi connectivity index (χ0n) is 11.6. The molecule has 6 heteroatoms. The van der Waals surface area contributed by atoms with E-state index in [2.05, 4.69) is 26.0 Å². The van der Waals surface area contributed by atoms with Gasteiger partial charge >= 0.3 is 0 Å². The van der Waals surface area contributed by atoms with Gasteiger partial charge in [-0.05, 0) is 52.9 Å². The standard InChI is InChI=1S/C14H20BrN3O2/c1-18(6-7-20-9-10-2-3-10)11-4-5-12(13(15)8-11)14(16)17-19/h4-5,8,10,19H,2-3,6-7,9H2,1H3,(H2,16,17). The molecular weight excluding hydrogens is 322 g/mol. The molecule has 0 heterocycles. The molecule has 0 unspecified atom stereocenters. The first-order chi connectivity index (χ1) is 9.61. The highest BCUT2D eigenvalue weighted by Crippen LogP contribution is 2.28. The Morgan fingerprint density at radius 1 is 1.55 bits per heavy atom. The lowest BCUT2D eigenvalue weighted by Gasteiger charge is -2.20. The Labute approximate surface area is 127 Å². The number of rotatable bonds is 7. The van der Waals surface area contributed by atoms with Crippen LogP contribution in [0.4, 0.5) is 5.69 Å². The van der Waals surface area contributed by atoms with Crippen LogP contribution in [0, 0.1) is 5.92 Å². The van der Waals surface area contributed by atoms with Crippen molar-refractivity contribution in [2.75, 3.05) is 31.7 Å². The minimum absolute atomic E-state index is 0.0962. The van der Waals surface area contributed by atoms with Crippen molar-refractivity contribution in [3.63, 3.8) is 0 Å². The van der Waals surface area contributed by atoms with Crippen molar-refractivity contribution in [2.45, 2.75) is 12.8 Å². The summed E-state index contributed by atoms with van der Waals surface area (Å²) < 4.78 is 6.44. The summed E-state index contributed by atoms with van der Waals surface area (Å²) in [6.45, 7) is 2.45. The van der Waals surface area contributed by atoms with E-state index in [1.165, 1.54) is 12.8 Å². The molecule has 1 aliphatic rings. The summed E-state index contributed by atoms with van der Waals surface area (Å²) in [5.41, 5.74) is 7.32. The molecule has 20 heavy (non-hydrogen) atoms. The van der Waals surface area contributed by atoms with E-state index in [9.17, 15) is 0 Å². The van der Waals surface area contributed by atoms with Crippen LogP contribution in [-0.2, 0) is 4.74 Å². The van der Waals surface area contributed by atoms with Crippen molar-refractivity contribution in [2.24, 2.45) is 16.8 Å². The number of hydrogen-bond donors (Lipinski definition) is 2. The molecule has 1 aliphatic carbocycles. The van der Waals surface area contributed by atoms with Crippen LogP contribution < -0.4 is 10.6 Å². The molecule has 1 aromatic rings. The van der Waals surface area contributed by atoms with E-state index < -0.39 is 0 Å². The molecule has 1 fully saturated rings. The highest BCUT2D eigenvalue weighted by atomic mass is 79.9. The molecule has 1 saturated carbocycles. The number of likely N-dealkylation sites (N-methyl/N-ethyl adjacent to an activating group) is 1. The van der Waals surface area contributed by atoms with Crippen molar-refractivity contribution in [3.05, 3.63) is 28.2 Å². The fourth-order valence-corrected chi connectivity index (χ4v) is 2.44. The average Bonchev–Trinajstić information content (AvgIpc) is 3.26. The summed E-state index contributed by atoms with van der Waals surface area (Å²) in [7, 11) is 2.02. The first kappa shape index (κ1) is 15.1. The number of hydrogen-bond acceptors (Lipinski definition) is 4. The van der Waals surface area contributed by atoms with Crippen molar-refractivity contribution < 1.29 is 9.94 Å². The summed E-state index contributed by atoms with van der Waals surface area (Å²) >= 11 is 3.44. The minimum atomic E-state index is 0.0962. The summed E-state index contributed by atoms with van der Waals surface area (Å²) in [6, 6.07) is 5.73. The second-order valence-corrected chi connectivity index (χ2v) is 5.94. The summed E-state index contributed by atoms with van der Waals surface area (Å²) in [5.74, 6) is 0.897. The van der Waals surface area contributed by atoms with Crippen LogP contribution in [0.5, 0.6) is 0 Å². The number of anilines is 1. The molecule has 0 atom stereocenters. The van der Waals surface area contributed by atoms with Gasteiger partial charge in [0.15, 0.2) is 5.84 Å². The van der Waals surface area contributed by atoms with Crippen LogP contribution in [0.25, 0.3) is 0 Å². The van der Waals surface area contributed by atoms with Gasteiger partial charge in [-0.3, -0.25) is 0 Å². The monoisotopic (exact) mass is 341 g/mol. The highest BCUT2D eigenvalue weighted by Gasteiger charge is 2.21. The van der Waals surface area contributed by atoms with Crippen LogP contribution in [0.2, 0.25) is 0 Å². The van der Waals surface area contributed by atoms with E-state index in [-0.39, 0.29) is 5.84 Å². The molecule has 1 aromatic carbocycles. The van der Waals surface area contributed by atoms with Gasteiger partial charge in [-0.2, -0.15) is 0 Å². The molecule has 2 rings (SSSR count). The fraction of sp³-hybridized carbons (Fsp3) is 0.500. The van der Waals surface area contributed by atoms with Gasteiger partial charge in [-0.25, -0.2) is 0 Å². The molecule has 0 bridgehead atoms. The van der Waals surface area contributed by atoms with E-state index in [1.54, 1.807) is 0 Å². The summed E-state index contributed by atoms with van der Waals surface area (Å²) in [5, 5.41) is 11.7. The number of benzene rings is 1. The quantitative estimate of drug-likeness (QED) is 0.262. The van der Waals surface area contributed by atoms with Gasteiger partial charge in [-0.15, -0.1) is 0 Å². The third-order valence-electron chi connectivity index (χ3n) is 3.40. The fourth-order valence-electron chi connectivity index (χ4n) is 1.87. The Balaban J connectivity index is 1.88. The first-order valence-corrected chi connectivity index (χ1v) is 7.47. The van der Waals surface area contributed by atoms with Crippen LogP contribution in [0.1, 0.15) is 18.4 Å². The van der Waals surface area contributed by atoms with Crippen molar-refractivity contribution >= 4 is 27.5 Å². The maximum atomic E-state index is 8.70. The maximum Gasteiger partial charge on any atom is 0.171 e. The Hall–Kier alpha value is -1.27. The van der Waals surface area contributed by atoms with Gasteiger partial charge in [0.2, 0.25) is 0 Å². The van der Waals surface area contributed by atoms with E-state index in [4.69, 9.17) is 15.7 Å². The van der Waals surface area contributed by atoms with Crippen molar-refractivity contribution in [1.82, 2.24) is 0 Å². The van der Waals surface area contributed by atoms with E-state index in [1.807, 2.05) is 25.2 Å². The summed E-state index contributed by atoms with van der Waals surface area (Å²) in [6.07, 6.45) is 2.64.